The number of hydrogen-bond donors (Lipinski definition) is 4. The number of pyridine rings is 2. The largest absolute Gasteiger partial charge is 0.364 e. The molecule has 184 valence electrons. The monoisotopic (exact) mass is 498 g/mol. The average Bonchev–Trinajstić information content (AvgIpc) is 2.76. The van der Waals surface area contributed by atoms with E-state index in [2.05, 4.69) is 14.7 Å². The minimum atomic E-state index is -1.17. The van der Waals surface area contributed by atoms with Crippen molar-refractivity contribution >= 4 is 35.2 Å². The Bertz CT molecular complexity index is 952. The highest BCUT2D eigenvalue weighted by molar-refractivity contribution is 7.84. The molecule has 0 aromatic carbocycles. The first-order valence-corrected chi connectivity index (χ1v) is 11.5. The van der Waals surface area contributed by atoms with Crippen molar-refractivity contribution in [2.24, 2.45) is 17.2 Å². The topological polar surface area (TPSA) is 167 Å². The molecule has 2 aromatic heterocycles. The summed E-state index contributed by atoms with van der Waals surface area (Å²) in [4.78, 5) is 29.6. The summed E-state index contributed by atoms with van der Waals surface area (Å²) >= 11 is 0. The number of carbonyl (C=O) groups excluding carboxylic acids is 2. The van der Waals surface area contributed by atoms with E-state index in [0.717, 1.165) is 24.0 Å². The lowest BCUT2D eigenvalue weighted by Crippen LogP contribution is -2.35. The third-order valence-electron chi connectivity index (χ3n) is 4.56. The zero-order valence-electron chi connectivity index (χ0n) is 19.7. The van der Waals surface area contributed by atoms with Gasteiger partial charge in [-0.1, -0.05) is 13.8 Å². The van der Waals surface area contributed by atoms with E-state index in [1.165, 1.54) is 0 Å². The van der Waals surface area contributed by atoms with Crippen LogP contribution in [0.1, 0.15) is 91.6 Å². The Morgan fingerprint density at radius 1 is 0.970 bits per heavy atom. The molecule has 2 amide bonds. The molecule has 0 aliphatic carbocycles. The van der Waals surface area contributed by atoms with Crippen LogP contribution in [0.15, 0.2) is 36.7 Å². The van der Waals surface area contributed by atoms with Crippen LogP contribution in [0.5, 0.6) is 0 Å². The number of nitrogens with zero attached hydrogens (tertiary/aromatic N) is 2. The number of rotatable bonds is 8. The molecule has 2 aromatic rings. The molecule has 11 heteroatoms. The first-order chi connectivity index (χ1) is 14.9. The van der Waals surface area contributed by atoms with Crippen LogP contribution in [0.25, 0.3) is 0 Å². The lowest BCUT2D eigenvalue weighted by molar-refractivity contribution is 0.0987. The molecule has 0 radical (unpaired) electrons. The maximum absolute atomic E-state index is 12.1. The molecule has 2 rings (SSSR count). The van der Waals surface area contributed by atoms with Crippen molar-refractivity contribution in [3.8, 4) is 0 Å². The third kappa shape index (κ3) is 9.95. The highest BCUT2D eigenvalue weighted by atomic mass is 35.5. The van der Waals surface area contributed by atoms with E-state index in [1.807, 2.05) is 34.6 Å². The van der Waals surface area contributed by atoms with Crippen LogP contribution in [-0.4, -0.2) is 30.7 Å². The minimum absolute atomic E-state index is 0. The molecule has 0 fully saturated rings. The highest BCUT2D eigenvalue weighted by Gasteiger charge is 2.23. The summed E-state index contributed by atoms with van der Waals surface area (Å²) in [7, 11) is -1.17. The molecule has 2 heterocycles. The molecule has 0 saturated heterocycles. The van der Waals surface area contributed by atoms with Gasteiger partial charge < -0.3 is 17.2 Å². The second kappa shape index (κ2) is 14.0. The molecule has 3 atom stereocenters. The summed E-state index contributed by atoms with van der Waals surface area (Å²) < 4.78 is 14.9. The van der Waals surface area contributed by atoms with E-state index < -0.39 is 22.8 Å². The Kier molecular flexibility index (Phi) is 13.0. The van der Waals surface area contributed by atoms with E-state index in [-0.39, 0.29) is 40.6 Å². The molecule has 9 nitrogen and oxygen atoms in total. The predicted octanol–water partition coefficient (Wildman–Crippen LogP) is 2.70. The lowest BCUT2D eigenvalue weighted by Gasteiger charge is -2.23. The van der Waals surface area contributed by atoms with E-state index in [4.69, 9.17) is 17.2 Å². The second-order valence-electron chi connectivity index (χ2n) is 8.15. The number of nitrogens with one attached hydrogen (secondary N) is 1. The molecular weight excluding hydrogens is 464 g/mol. The van der Waals surface area contributed by atoms with Gasteiger partial charge in [0.2, 0.25) is 0 Å². The standard InChI is InChI=1S/C13H21N3O2S.C9H13N3O.ClH/c1-5-10(16-19(18)13(2,3)4)9-6-7-15-11(8-9)12(14)17;1-2-7(10)6-3-4-12-8(5-6)9(11)13;/h6-8,10,16H,5H2,1-4H3,(H2,14,17);3-5,7H,2,10H2,1H3,(H2,11,13);1H/t10-,19?;7-;/m00./s1. The number of carbonyl (C=O) groups is 2. The molecule has 0 spiro atoms. The van der Waals surface area contributed by atoms with Gasteiger partial charge >= 0.3 is 0 Å². The van der Waals surface area contributed by atoms with Crippen molar-refractivity contribution in [1.29, 1.82) is 0 Å². The van der Waals surface area contributed by atoms with Gasteiger partial charge in [0.15, 0.2) is 0 Å². The lowest BCUT2D eigenvalue weighted by atomic mass is 10.1. The number of primary amides is 2. The van der Waals surface area contributed by atoms with Crippen LogP contribution in [0.3, 0.4) is 0 Å². The molecule has 1 unspecified atom stereocenters. The van der Waals surface area contributed by atoms with Crippen LogP contribution in [-0.2, 0) is 11.0 Å². The Morgan fingerprint density at radius 2 is 1.42 bits per heavy atom. The summed E-state index contributed by atoms with van der Waals surface area (Å²) in [5, 5.41) is 0. The maximum Gasteiger partial charge on any atom is 0.267 e. The number of aromatic nitrogens is 2. The van der Waals surface area contributed by atoms with Crippen LogP contribution in [0, 0.1) is 0 Å². The second-order valence-corrected chi connectivity index (χ2v) is 10.1. The molecule has 0 saturated carbocycles. The highest BCUT2D eigenvalue weighted by Crippen LogP contribution is 2.20. The zero-order chi connectivity index (χ0) is 24.5. The Balaban J connectivity index is 0.000000642. The maximum atomic E-state index is 12.1. The smallest absolute Gasteiger partial charge is 0.267 e. The van der Waals surface area contributed by atoms with Gasteiger partial charge in [0.05, 0.1) is 15.7 Å². The summed E-state index contributed by atoms with van der Waals surface area (Å²) in [6, 6.07) is 6.72. The number of nitrogens with two attached hydrogens (primary N) is 3. The van der Waals surface area contributed by atoms with Gasteiger partial charge in [-0.2, -0.15) is 0 Å². The van der Waals surface area contributed by atoms with Crippen molar-refractivity contribution < 1.29 is 13.8 Å². The Hall–Kier alpha value is -2.40. The average molecular weight is 499 g/mol. The van der Waals surface area contributed by atoms with Crippen LogP contribution in [0.2, 0.25) is 0 Å². The van der Waals surface area contributed by atoms with Gasteiger partial charge in [-0.3, -0.25) is 19.6 Å². The SMILES string of the molecule is CC[C@H](N)c1ccnc(C(N)=O)c1.CC[C@H](NS(=O)C(C)(C)C)c1ccnc(C(N)=O)c1.Cl. The Morgan fingerprint density at radius 3 is 1.82 bits per heavy atom. The van der Waals surface area contributed by atoms with Crippen LogP contribution in [0.4, 0.5) is 0 Å². The summed E-state index contributed by atoms with van der Waals surface area (Å²) in [5.41, 5.74) is 18.3. The number of halogens is 1. The van der Waals surface area contributed by atoms with E-state index >= 15 is 0 Å². The van der Waals surface area contributed by atoms with Gasteiger partial charge in [0.25, 0.3) is 11.8 Å². The summed E-state index contributed by atoms with van der Waals surface area (Å²) in [6.07, 6.45) is 4.66. The predicted molar refractivity (Wildman–Crippen MR) is 134 cm³/mol. The molecule has 33 heavy (non-hydrogen) atoms. The van der Waals surface area contributed by atoms with Crippen LogP contribution < -0.4 is 21.9 Å². The van der Waals surface area contributed by atoms with Crippen molar-refractivity contribution in [2.45, 2.75) is 64.3 Å². The van der Waals surface area contributed by atoms with Gasteiger partial charge in [0, 0.05) is 24.5 Å². The number of hydrogen-bond acceptors (Lipinski definition) is 6. The van der Waals surface area contributed by atoms with Crippen molar-refractivity contribution in [3.63, 3.8) is 0 Å². The first-order valence-electron chi connectivity index (χ1n) is 10.4. The normalized spacial score (nSPS) is 13.5. The van der Waals surface area contributed by atoms with Gasteiger partial charge in [-0.25, -0.2) is 8.93 Å². The van der Waals surface area contributed by atoms with Crippen LogP contribution >= 0.6 is 12.4 Å². The molecule has 0 aliphatic rings. The third-order valence-corrected chi connectivity index (χ3v) is 6.17. The van der Waals surface area contributed by atoms with E-state index in [0.29, 0.717) is 0 Å². The molecule has 0 bridgehead atoms. The zero-order valence-corrected chi connectivity index (χ0v) is 21.3. The summed E-state index contributed by atoms with van der Waals surface area (Å²) in [6.45, 7) is 9.69. The number of amides is 2. The van der Waals surface area contributed by atoms with Gasteiger partial charge in [0.1, 0.15) is 11.4 Å². The van der Waals surface area contributed by atoms with Gasteiger partial charge in [-0.15, -0.1) is 12.4 Å². The fourth-order valence-corrected chi connectivity index (χ4v) is 3.45. The molecule has 7 N–H and O–H groups in total. The van der Waals surface area contributed by atoms with E-state index in [1.54, 1.807) is 36.7 Å². The van der Waals surface area contributed by atoms with Crippen molar-refractivity contribution in [3.05, 3.63) is 59.2 Å². The first kappa shape index (κ1) is 30.6. The van der Waals surface area contributed by atoms with Crippen molar-refractivity contribution in [2.75, 3.05) is 0 Å². The quantitative estimate of drug-likeness (QED) is 0.436. The van der Waals surface area contributed by atoms with Crippen molar-refractivity contribution in [1.82, 2.24) is 14.7 Å². The van der Waals surface area contributed by atoms with E-state index in [9.17, 15) is 13.8 Å². The molecule has 0 aliphatic heterocycles. The summed E-state index contributed by atoms with van der Waals surface area (Å²) in [5.74, 6) is -1.08. The fraction of sp³-hybridized carbons (Fsp3) is 0.455. The molecular formula is C22H35ClN6O3S. The Labute approximate surface area is 204 Å². The fourth-order valence-electron chi connectivity index (χ4n) is 2.54. The van der Waals surface area contributed by atoms with Gasteiger partial charge in [-0.05, 0) is 69.0 Å². The minimum Gasteiger partial charge on any atom is -0.364 e.